The molecular formula is C13H11Cl3S. The first-order valence-corrected chi connectivity index (χ1v) is 7.32. The molecule has 0 aliphatic carbocycles. The summed E-state index contributed by atoms with van der Waals surface area (Å²) in [6.45, 7) is 2.08. The van der Waals surface area contributed by atoms with Crippen LogP contribution in [0.5, 0.6) is 0 Å². The fourth-order valence-electron chi connectivity index (χ4n) is 1.67. The van der Waals surface area contributed by atoms with Crippen molar-refractivity contribution in [1.82, 2.24) is 0 Å². The molecule has 2 rings (SSSR count). The molecule has 0 saturated heterocycles. The van der Waals surface area contributed by atoms with Crippen LogP contribution in [0.15, 0.2) is 29.0 Å². The molecule has 0 bridgehead atoms. The lowest BCUT2D eigenvalue weighted by Gasteiger charge is -2.10. The minimum absolute atomic E-state index is 0.0153. The van der Waals surface area contributed by atoms with E-state index in [4.69, 9.17) is 34.8 Å². The molecule has 90 valence electrons. The SMILES string of the molecule is Cc1cscc1C(Cl)Cc1ccc(Cl)c(Cl)c1. The molecule has 0 saturated carbocycles. The van der Waals surface area contributed by atoms with Crippen LogP contribution >= 0.6 is 46.1 Å². The number of thiophene rings is 1. The molecule has 0 aliphatic rings. The van der Waals surface area contributed by atoms with Gasteiger partial charge in [-0.05, 0) is 52.9 Å². The number of halogens is 3. The van der Waals surface area contributed by atoms with E-state index < -0.39 is 0 Å². The van der Waals surface area contributed by atoms with Gasteiger partial charge < -0.3 is 0 Å². The van der Waals surface area contributed by atoms with E-state index in [9.17, 15) is 0 Å². The Morgan fingerprint density at radius 2 is 1.94 bits per heavy atom. The molecule has 0 amide bonds. The summed E-state index contributed by atoms with van der Waals surface area (Å²) in [6.07, 6.45) is 0.760. The van der Waals surface area contributed by atoms with Gasteiger partial charge in [0, 0.05) is 0 Å². The average molecular weight is 306 g/mol. The van der Waals surface area contributed by atoms with E-state index >= 15 is 0 Å². The Morgan fingerprint density at radius 1 is 1.18 bits per heavy atom. The van der Waals surface area contributed by atoms with E-state index in [1.54, 1.807) is 11.3 Å². The number of benzene rings is 1. The highest BCUT2D eigenvalue weighted by atomic mass is 35.5. The predicted octanol–water partition coefficient (Wildman–Crippen LogP) is 5.89. The maximum atomic E-state index is 6.41. The van der Waals surface area contributed by atoms with Gasteiger partial charge >= 0.3 is 0 Å². The fraction of sp³-hybridized carbons (Fsp3) is 0.231. The fourth-order valence-corrected chi connectivity index (χ4v) is 3.39. The van der Waals surface area contributed by atoms with Crippen LogP contribution in [0.25, 0.3) is 0 Å². The summed E-state index contributed by atoms with van der Waals surface area (Å²) in [5.74, 6) is 0. The van der Waals surface area contributed by atoms with Crippen LogP contribution in [0.2, 0.25) is 10.0 Å². The molecule has 1 aromatic heterocycles. The van der Waals surface area contributed by atoms with Crippen LogP contribution in [0.3, 0.4) is 0 Å². The summed E-state index contributed by atoms with van der Waals surface area (Å²) in [7, 11) is 0. The van der Waals surface area contributed by atoms with Crippen molar-refractivity contribution in [3.05, 3.63) is 55.7 Å². The highest BCUT2D eigenvalue weighted by Gasteiger charge is 2.13. The van der Waals surface area contributed by atoms with Crippen molar-refractivity contribution in [3.8, 4) is 0 Å². The third kappa shape index (κ3) is 3.17. The van der Waals surface area contributed by atoms with Crippen LogP contribution < -0.4 is 0 Å². The van der Waals surface area contributed by atoms with Gasteiger partial charge in [0.2, 0.25) is 0 Å². The minimum Gasteiger partial charge on any atom is -0.152 e. The summed E-state index contributed by atoms with van der Waals surface area (Å²) in [5.41, 5.74) is 3.54. The zero-order valence-electron chi connectivity index (χ0n) is 9.21. The molecule has 4 heteroatoms. The van der Waals surface area contributed by atoms with Gasteiger partial charge in [0.1, 0.15) is 0 Å². The Kier molecular flexibility index (Phi) is 4.37. The Labute approximate surface area is 120 Å². The Morgan fingerprint density at radius 3 is 2.53 bits per heavy atom. The Bertz CT molecular complexity index is 519. The van der Waals surface area contributed by atoms with E-state index in [1.807, 2.05) is 18.2 Å². The van der Waals surface area contributed by atoms with Gasteiger partial charge in [0.25, 0.3) is 0 Å². The van der Waals surface area contributed by atoms with Gasteiger partial charge in [-0.3, -0.25) is 0 Å². The van der Waals surface area contributed by atoms with Crippen molar-refractivity contribution >= 4 is 46.1 Å². The normalized spacial score (nSPS) is 12.7. The molecule has 0 N–H and O–H groups in total. The van der Waals surface area contributed by atoms with Gasteiger partial charge in [0.15, 0.2) is 0 Å². The lowest BCUT2D eigenvalue weighted by Crippen LogP contribution is -1.96. The molecule has 0 fully saturated rings. The molecule has 1 atom stereocenters. The Balaban J connectivity index is 2.16. The summed E-state index contributed by atoms with van der Waals surface area (Å²) < 4.78 is 0. The van der Waals surface area contributed by atoms with E-state index in [-0.39, 0.29) is 5.38 Å². The molecule has 17 heavy (non-hydrogen) atoms. The quantitative estimate of drug-likeness (QED) is 0.621. The van der Waals surface area contributed by atoms with E-state index in [0.29, 0.717) is 10.0 Å². The van der Waals surface area contributed by atoms with Gasteiger partial charge in [-0.15, -0.1) is 11.6 Å². The second-order valence-corrected chi connectivity index (χ2v) is 6.02. The third-order valence-corrected chi connectivity index (χ3v) is 4.64. The van der Waals surface area contributed by atoms with Crippen molar-refractivity contribution in [2.45, 2.75) is 18.7 Å². The molecule has 2 aromatic rings. The van der Waals surface area contributed by atoms with E-state index in [2.05, 4.69) is 17.7 Å². The third-order valence-electron chi connectivity index (χ3n) is 2.63. The lowest BCUT2D eigenvalue weighted by atomic mass is 10.0. The molecule has 1 heterocycles. The molecule has 1 unspecified atom stereocenters. The first-order valence-electron chi connectivity index (χ1n) is 5.18. The lowest BCUT2D eigenvalue weighted by molar-refractivity contribution is 0.916. The van der Waals surface area contributed by atoms with Gasteiger partial charge in [-0.25, -0.2) is 0 Å². The monoisotopic (exact) mass is 304 g/mol. The van der Waals surface area contributed by atoms with E-state index in [1.165, 1.54) is 11.1 Å². The second-order valence-electron chi connectivity index (χ2n) is 3.93. The van der Waals surface area contributed by atoms with Gasteiger partial charge in [0.05, 0.1) is 15.4 Å². The summed E-state index contributed by atoms with van der Waals surface area (Å²) >= 11 is 19.9. The van der Waals surface area contributed by atoms with Crippen molar-refractivity contribution in [2.24, 2.45) is 0 Å². The van der Waals surface area contributed by atoms with Crippen LogP contribution in [0.1, 0.15) is 22.1 Å². The second kappa shape index (κ2) is 5.62. The zero-order valence-corrected chi connectivity index (χ0v) is 12.3. The molecule has 0 spiro atoms. The largest absolute Gasteiger partial charge is 0.152 e. The van der Waals surface area contributed by atoms with Crippen molar-refractivity contribution in [2.75, 3.05) is 0 Å². The molecule has 0 radical (unpaired) electrons. The number of hydrogen-bond donors (Lipinski definition) is 0. The molecular weight excluding hydrogens is 295 g/mol. The van der Waals surface area contributed by atoms with E-state index in [0.717, 1.165) is 12.0 Å². The maximum Gasteiger partial charge on any atom is 0.0636 e. The smallest absolute Gasteiger partial charge is 0.0636 e. The number of hydrogen-bond acceptors (Lipinski definition) is 1. The van der Waals surface area contributed by atoms with Gasteiger partial charge in [-0.2, -0.15) is 11.3 Å². The standard InChI is InChI=1S/C13H11Cl3S/c1-8-6-17-7-10(8)12(15)4-9-2-3-11(14)13(16)5-9/h2-3,5-7,12H,4H2,1H3. The van der Waals surface area contributed by atoms with Crippen LogP contribution in [-0.2, 0) is 6.42 Å². The van der Waals surface area contributed by atoms with Crippen molar-refractivity contribution in [1.29, 1.82) is 0 Å². The maximum absolute atomic E-state index is 6.41. The van der Waals surface area contributed by atoms with Crippen LogP contribution in [0.4, 0.5) is 0 Å². The number of rotatable bonds is 3. The Hall–Kier alpha value is -0.210. The summed E-state index contributed by atoms with van der Waals surface area (Å²) in [4.78, 5) is 0. The molecule has 1 aromatic carbocycles. The highest BCUT2D eigenvalue weighted by Crippen LogP contribution is 2.31. The first kappa shape index (κ1) is 13.2. The minimum atomic E-state index is -0.0153. The molecule has 0 aliphatic heterocycles. The number of alkyl halides is 1. The van der Waals surface area contributed by atoms with Crippen molar-refractivity contribution < 1.29 is 0 Å². The highest BCUT2D eigenvalue weighted by molar-refractivity contribution is 7.08. The predicted molar refractivity (Wildman–Crippen MR) is 77.8 cm³/mol. The summed E-state index contributed by atoms with van der Waals surface area (Å²) in [5, 5.41) is 5.35. The summed E-state index contributed by atoms with van der Waals surface area (Å²) in [6, 6.07) is 5.65. The average Bonchev–Trinajstić information content (AvgIpc) is 2.70. The van der Waals surface area contributed by atoms with Crippen LogP contribution in [-0.4, -0.2) is 0 Å². The van der Waals surface area contributed by atoms with Crippen molar-refractivity contribution in [3.63, 3.8) is 0 Å². The van der Waals surface area contributed by atoms with Crippen LogP contribution in [0, 0.1) is 6.92 Å². The first-order chi connectivity index (χ1) is 8.08. The molecule has 0 nitrogen and oxygen atoms in total. The van der Waals surface area contributed by atoms with Gasteiger partial charge in [-0.1, -0.05) is 29.3 Å². The topological polar surface area (TPSA) is 0 Å². The number of aryl methyl sites for hydroxylation is 1. The zero-order chi connectivity index (χ0) is 12.4.